The minimum absolute atomic E-state index is 0.0273. The molecule has 1 aliphatic rings. The predicted octanol–water partition coefficient (Wildman–Crippen LogP) is 3.50. The molecular weight excluding hydrogens is 264 g/mol. The Morgan fingerprint density at radius 2 is 1.90 bits per heavy atom. The second-order valence-electron chi connectivity index (χ2n) is 4.99. The van der Waals surface area contributed by atoms with Crippen molar-refractivity contribution >= 4 is 11.6 Å². The van der Waals surface area contributed by atoms with E-state index >= 15 is 0 Å². The molecule has 0 bridgehead atoms. The summed E-state index contributed by atoms with van der Waals surface area (Å²) >= 11 is 0. The van der Waals surface area contributed by atoms with Crippen LogP contribution in [-0.4, -0.2) is 10.9 Å². The van der Waals surface area contributed by atoms with E-state index in [9.17, 15) is 4.79 Å². The molecular formula is C17H12N2O2. The number of nitrogens with one attached hydrogen (secondary N) is 1. The summed E-state index contributed by atoms with van der Waals surface area (Å²) in [5.74, 6) is 1.33. The summed E-state index contributed by atoms with van der Waals surface area (Å²) in [6.07, 6.45) is 2.14. The van der Waals surface area contributed by atoms with Crippen molar-refractivity contribution in [1.82, 2.24) is 4.98 Å². The van der Waals surface area contributed by atoms with Crippen LogP contribution in [0, 0.1) is 0 Å². The van der Waals surface area contributed by atoms with Crippen LogP contribution >= 0.6 is 0 Å². The highest BCUT2D eigenvalue weighted by Gasteiger charge is 2.19. The normalized spacial score (nSPS) is 13.0. The molecule has 0 aliphatic carbocycles. The van der Waals surface area contributed by atoms with E-state index in [0.717, 1.165) is 28.1 Å². The number of carbonyl (C=O) groups excluding carboxylic acids is 1. The first-order valence-corrected chi connectivity index (χ1v) is 6.74. The molecule has 0 atom stereocenters. The first-order chi connectivity index (χ1) is 10.3. The Morgan fingerprint density at radius 3 is 2.76 bits per heavy atom. The molecule has 21 heavy (non-hydrogen) atoms. The Kier molecular flexibility index (Phi) is 2.60. The summed E-state index contributed by atoms with van der Waals surface area (Å²) < 4.78 is 5.83. The highest BCUT2D eigenvalue weighted by Crippen LogP contribution is 2.30. The van der Waals surface area contributed by atoms with Gasteiger partial charge in [0.15, 0.2) is 5.76 Å². The minimum Gasteiger partial charge on any atom is -0.436 e. The van der Waals surface area contributed by atoms with Gasteiger partial charge in [-0.2, -0.15) is 0 Å². The maximum absolute atomic E-state index is 11.4. The van der Waals surface area contributed by atoms with E-state index in [-0.39, 0.29) is 5.91 Å². The summed E-state index contributed by atoms with van der Waals surface area (Å²) in [6, 6.07) is 15.6. The maximum atomic E-state index is 11.4. The van der Waals surface area contributed by atoms with E-state index in [1.807, 2.05) is 48.5 Å². The van der Waals surface area contributed by atoms with Crippen molar-refractivity contribution in [3.8, 4) is 22.8 Å². The fourth-order valence-corrected chi connectivity index (χ4v) is 2.51. The molecule has 1 aromatic heterocycles. The van der Waals surface area contributed by atoms with Gasteiger partial charge in [-0.25, -0.2) is 4.98 Å². The van der Waals surface area contributed by atoms with Gasteiger partial charge in [0.2, 0.25) is 11.8 Å². The van der Waals surface area contributed by atoms with Crippen LogP contribution in [0.1, 0.15) is 5.56 Å². The number of fused-ring (bicyclic) bond motifs is 1. The monoisotopic (exact) mass is 276 g/mol. The fourth-order valence-electron chi connectivity index (χ4n) is 2.51. The SMILES string of the molecule is O=C1Cc2cc(-c3ncc(-c4ccccc4)o3)ccc2N1. The number of hydrogen-bond acceptors (Lipinski definition) is 3. The van der Waals surface area contributed by atoms with Crippen molar-refractivity contribution in [1.29, 1.82) is 0 Å². The Hall–Kier alpha value is -2.88. The second kappa shape index (κ2) is 4.59. The summed E-state index contributed by atoms with van der Waals surface area (Å²) in [5, 5.41) is 2.82. The highest BCUT2D eigenvalue weighted by atomic mass is 16.4. The van der Waals surface area contributed by atoms with Gasteiger partial charge >= 0.3 is 0 Å². The molecule has 102 valence electrons. The molecule has 0 saturated heterocycles. The van der Waals surface area contributed by atoms with Crippen LogP contribution in [0.15, 0.2) is 59.1 Å². The standard InChI is InChI=1S/C17H12N2O2/c20-16-9-13-8-12(6-7-14(13)19-16)17-18-10-15(21-17)11-4-2-1-3-5-11/h1-8,10H,9H2,(H,19,20). The summed E-state index contributed by atoms with van der Waals surface area (Å²) in [6.45, 7) is 0. The van der Waals surface area contributed by atoms with Gasteiger partial charge in [-0.3, -0.25) is 4.79 Å². The lowest BCUT2D eigenvalue weighted by Gasteiger charge is -2.00. The molecule has 4 rings (SSSR count). The predicted molar refractivity (Wildman–Crippen MR) is 79.7 cm³/mol. The van der Waals surface area contributed by atoms with E-state index in [1.54, 1.807) is 6.20 Å². The first kappa shape index (κ1) is 11.9. The lowest BCUT2D eigenvalue weighted by atomic mass is 10.1. The Labute approximate surface area is 121 Å². The topological polar surface area (TPSA) is 55.1 Å². The average Bonchev–Trinajstić information content (AvgIpc) is 3.12. The van der Waals surface area contributed by atoms with Gasteiger partial charge in [-0.15, -0.1) is 0 Å². The van der Waals surface area contributed by atoms with Gasteiger partial charge in [0, 0.05) is 16.8 Å². The number of amides is 1. The van der Waals surface area contributed by atoms with Crippen molar-refractivity contribution in [3.05, 3.63) is 60.3 Å². The molecule has 4 nitrogen and oxygen atoms in total. The summed E-state index contributed by atoms with van der Waals surface area (Å²) in [5.41, 5.74) is 3.73. The number of carbonyl (C=O) groups is 1. The van der Waals surface area contributed by atoms with E-state index in [1.165, 1.54) is 0 Å². The average molecular weight is 276 g/mol. The number of nitrogens with zero attached hydrogens (tertiary/aromatic N) is 1. The van der Waals surface area contributed by atoms with Crippen LogP contribution in [0.5, 0.6) is 0 Å². The van der Waals surface area contributed by atoms with Crippen molar-refractivity contribution < 1.29 is 9.21 Å². The third-order valence-electron chi connectivity index (χ3n) is 3.54. The number of rotatable bonds is 2. The van der Waals surface area contributed by atoms with E-state index < -0.39 is 0 Å². The molecule has 3 aromatic rings. The number of benzene rings is 2. The molecule has 0 saturated carbocycles. The van der Waals surface area contributed by atoms with Gasteiger partial charge < -0.3 is 9.73 Å². The van der Waals surface area contributed by atoms with Crippen LogP contribution in [-0.2, 0) is 11.2 Å². The molecule has 4 heteroatoms. The van der Waals surface area contributed by atoms with Crippen molar-refractivity contribution in [2.45, 2.75) is 6.42 Å². The zero-order chi connectivity index (χ0) is 14.2. The molecule has 1 N–H and O–H groups in total. The van der Waals surface area contributed by atoms with Crippen LogP contribution in [0.25, 0.3) is 22.8 Å². The largest absolute Gasteiger partial charge is 0.436 e. The molecule has 2 heterocycles. The molecule has 2 aromatic carbocycles. The van der Waals surface area contributed by atoms with Crippen LogP contribution in [0.3, 0.4) is 0 Å². The van der Waals surface area contributed by atoms with E-state index in [4.69, 9.17) is 4.42 Å². The van der Waals surface area contributed by atoms with Gasteiger partial charge in [0.05, 0.1) is 12.6 Å². The number of aromatic nitrogens is 1. The molecule has 0 unspecified atom stereocenters. The van der Waals surface area contributed by atoms with E-state index in [2.05, 4.69) is 10.3 Å². The van der Waals surface area contributed by atoms with Crippen molar-refractivity contribution in [3.63, 3.8) is 0 Å². The van der Waals surface area contributed by atoms with E-state index in [0.29, 0.717) is 12.3 Å². The lowest BCUT2D eigenvalue weighted by Crippen LogP contribution is -2.03. The smallest absolute Gasteiger partial charge is 0.228 e. The molecule has 0 fully saturated rings. The molecule has 0 radical (unpaired) electrons. The third kappa shape index (κ3) is 2.10. The lowest BCUT2D eigenvalue weighted by molar-refractivity contribution is -0.115. The maximum Gasteiger partial charge on any atom is 0.228 e. The van der Waals surface area contributed by atoms with Crippen molar-refractivity contribution in [2.75, 3.05) is 5.32 Å². The zero-order valence-corrected chi connectivity index (χ0v) is 11.2. The highest BCUT2D eigenvalue weighted by molar-refractivity contribution is 5.99. The molecule has 0 spiro atoms. The van der Waals surface area contributed by atoms with Crippen LogP contribution in [0.4, 0.5) is 5.69 Å². The van der Waals surface area contributed by atoms with Gasteiger partial charge in [-0.05, 0) is 23.8 Å². The zero-order valence-electron chi connectivity index (χ0n) is 11.2. The van der Waals surface area contributed by atoms with Gasteiger partial charge in [0.25, 0.3) is 0 Å². The Balaban J connectivity index is 1.71. The second-order valence-corrected chi connectivity index (χ2v) is 4.99. The number of oxazole rings is 1. The summed E-state index contributed by atoms with van der Waals surface area (Å²) in [7, 11) is 0. The fraction of sp³-hybridized carbons (Fsp3) is 0.0588. The molecule has 1 aliphatic heterocycles. The minimum atomic E-state index is 0.0273. The number of hydrogen-bond donors (Lipinski definition) is 1. The van der Waals surface area contributed by atoms with Crippen molar-refractivity contribution in [2.24, 2.45) is 0 Å². The third-order valence-corrected chi connectivity index (χ3v) is 3.54. The molecule has 1 amide bonds. The van der Waals surface area contributed by atoms with Gasteiger partial charge in [0.1, 0.15) is 0 Å². The first-order valence-electron chi connectivity index (χ1n) is 6.74. The quantitative estimate of drug-likeness (QED) is 0.779. The Bertz CT molecular complexity index is 822. The Morgan fingerprint density at radius 1 is 1.05 bits per heavy atom. The summed E-state index contributed by atoms with van der Waals surface area (Å²) in [4.78, 5) is 15.7. The van der Waals surface area contributed by atoms with Gasteiger partial charge in [-0.1, -0.05) is 30.3 Å². The number of anilines is 1. The van der Waals surface area contributed by atoms with Crippen LogP contribution < -0.4 is 5.32 Å². The van der Waals surface area contributed by atoms with Crippen LogP contribution in [0.2, 0.25) is 0 Å².